The SMILES string of the molecule is CCC1(NCC(=O)N2CCCC2C#N)CC2CN(C(=O)O)CC2C1. The average molecular weight is 334 g/mol. The summed E-state index contributed by atoms with van der Waals surface area (Å²) in [6, 6.07) is 1.94. The normalized spacial score (nSPS) is 35.1. The minimum absolute atomic E-state index is 0.0103. The van der Waals surface area contributed by atoms with Crippen LogP contribution in [-0.2, 0) is 4.79 Å². The zero-order chi connectivity index (χ0) is 17.3. The number of rotatable bonds is 4. The molecule has 7 heteroatoms. The van der Waals surface area contributed by atoms with E-state index in [4.69, 9.17) is 10.4 Å². The number of nitrogens with one attached hydrogen (secondary N) is 1. The van der Waals surface area contributed by atoms with Gasteiger partial charge in [-0.1, -0.05) is 6.92 Å². The number of fused-ring (bicyclic) bond motifs is 1. The third-order valence-electron chi connectivity index (χ3n) is 6.17. The van der Waals surface area contributed by atoms with Gasteiger partial charge in [0, 0.05) is 25.2 Å². The van der Waals surface area contributed by atoms with Crippen molar-refractivity contribution in [1.82, 2.24) is 15.1 Å². The van der Waals surface area contributed by atoms with Crippen molar-refractivity contribution in [2.45, 2.75) is 50.6 Å². The number of likely N-dealkylation sites (tertiary alicyclic amines) is 2. The second kappa shape index (κ2) is 6.60. The first-order valence-electron chi connectivity index (χ1n) is 8.90. The summed E-state index contributed by atoms with van der Waals surface area (Å²) in [4.78, 5) is 26.8. The Balaban J connectivity index is 1.56. The molecule has 3 fully saturated rings. The van der Waals surface area contributed by atoms with Gasteiger partial charge in [0.1, 0.15) is 6.04 Å². The molecule has 3 atom stereocenters. The second-order valence-electron chi connectivity index (χ2n) is 7.48. The minimum Gasteiger partial charge on any atom is -0.465 e. The van der Waals surface area contributed by atoms with Crippen molar-refractivity contribution >= 4 is 12.0 Å². The molecule has 2 amide bonds. The maximum Gasteiger partial charge on any atom is 0.407 e. The summed E-state index contributed by atoms with van der Waals surface area (Å²) in [5.74, 6) is 0.792. The number of hydrogen-bond acceptors (Lipinski definition) is 4. The van der Waals surface area contributed by atoms with E-state index >= 15 is 0 Å². The molecule has 1 aliphatic carbocycles. The van der Waals surface area contributed by atoms with Gasteiger partial charge in [-0.2, -0.15) is 5.26 Å². The van der Waals surface area contributed by atoms with Gasteiger partial charge < -0.3 is 20.2 Å². The smallest absolute Gasteiger partial charge is 0.407 e. The highest BCUT2D eigenvalue weighted by Crippen LogP contribution is 2.45. The second-order valence-corrected chi connectivity index (χ2v) is 7.48. The zero-order valence-corrected chi connectivity index (χ0v) is 14.2. The lowest BCUT2D eigenvalue weighted by molar-refractivity contribution is -0.130. The Kier molecular flexibility index (Phi) is 4.68. The summed E-state index contributed by atoms with van der Waals surface area (Å²) in [5, 5.41) is 21.7. The molecule has 2 aliphatic heterocycles. The van der Waals surface area contributed by atoms with E-state index < -0.39 is 6.09 Å². The third kappa shape index (κ3) is 3.07. The molecular weight excluding hydrogens is 308 g/mol. The maximum absolute atomic E-state index is 12.4. The van der Waals surface area contributed by atoms with Gasteiger partial charge in [-0.05, 0) is 43.9 Å². The number of carboxylic acid groups (broad SMARTS) is 1. The number of carbonyl (C=O) groups excluding carboxylic acids is 1. The molecule has 132 valence electrons. The predicted molar refractivity (Wildman–Crippen MR) is 87.2 cm³/mol. The van der Waals surface area contributed by atoms with Crippen LogP contribution in [0, 0.1) is 23.2 Å². The number of nitrogens with zero attached hydrogens (tertiary/aromatic N) is 3. The molecule has 2 heterocycles. The van der Waals surface area contributed by atoms with E-state index in [2.05, 4.69) is 18.3 Å². The molecule has 3 aliphatic rings. The van der Waals surface area contributed by atoms with Gasteiger partial charge >= 0.3 is 6.09 Å². The van der Waals surface area contributed by atoms with Gasteiger partial charge in [-0.15, -0.1) is 0 Å². The number of nitriles is 1. The van der Waals surface area contributed by atoms with Crippen LogP contribution < -0.4 is 5.32 Å². The lowest BCUT2D eigenvalue weighted by atomic mass is 9.92. The summed E-state index contributed by atoms with van der Waals surface area (Å²) >= 11 is 0. The van der Waals surface area contributed by atoms with Gasteiger partial charge in [0.05, 0.1) is 12.6 Å². The fourth-order valence-electron chi connectivity index (χ4n) is 4.77. The lowest BCUT2D eigenvalue weighted by Crippen LogP contribution is -2.50. The van der Waals surface area contributed by atoms with Crippen molar-refractivity contribution in [2.24, 2.45) is 11.8 Å². The number of amides is 2. The molecule has 0 spiro atoms. The van der Waals surface area contributed by atoms with Crippen molar-refractivity contribution in [3.8, 4) is 6.07 Å². The Labute approximate surface area is 142 Å². The Morgan fingerprint density at radius 1 is 1.33 bits per heavy atom. The molecule has 0 aromatic heterocycles. The molecule has 0 bridgehead atoms. The van der Waals surface area contributed by atoms with E-state index in [1.54, 1.807) is 4.90 Å². The zero-order valence-electron chi connectivity index (χ0n) is 14.2. The van der Waals surface area contributed by atoms with Crippen LogP contribution in [0.4, 0.5) is 4.79 Å². The summed E-state index contributed by atoms with van der Waals surface area (Å²) in [7, 11) is 0. The van der Waals surface area contributed by atoms with Gasteiger partial charge in [0.2, 0.25) is 5.91 Å². The minimum atomic E-state index is -0.828. The quantitative estimate of drug-likeness (QED) is 0.807. The summed E-state index contributed by atoms with van der Waals surface area (Å²) in [6.07, 6.45) is 3.63. The van der Waals surface area contributed by atoms with Crippen LogP contribution in [0.1, 0.15) is 39.0 Å². The van der Waals surface area contributed by atoms with Crippen molar-refractivity contribution in [3.05, 3.63) is 0 Å². The molecule has 1 saturated carbocycles. The molecule has 0 aromatic rings. The third-order valence-corrected chi connectivity index (χ3v) is 6.17. The van der Waals surface area contributed by atoms with Gasteiger partial charge in [-0.3, -0.25) is 4.79 Å². The highest BCUT2D eigenvalue weighted by atomic mass is 16.4. The highest BCUT2D eigenvalue weighted by Gasteiger charge is 2.49. The molecule has 2 saturated heterocycles. The van der Waals surface area contributed by atoms with Crippen molar-refractivity contribution in [2.75, 3.05) is 26.2 Å². The molecule has 2 N–H and O–H groups in total. The van der Waals surface area contributed by atoms with Gasteiger partial charge in [-0.25, -0.2) is 4.79 Å². The van der Waals surface area contributed by atoms with Crippen LogP contribution in [-0.4, -0.2) is 64.7 Å². The van der Waals surface area contributed by atoms with Crippen LogP contribution in [0.25, 0.3) is 0 Å². The Morgan fingerprint density at radius 2 is 2.00 bits per heavy atom. The van der Waals surface area contributed by atoms with Crippen LogP contribution in [0.2, 0.25) is 0 Å². The molecule has 0 aromatic carbocycles. The van der Waals surface area contributed by atoms with Gasteiger partial charge in [0.25, 0.3) is 0 Å². The van der Waals surface area contributed by atoms with E-state index in [9.17, 15) is 9.59 Å². The van der Waals surface area contributed by atoms with E-state index in [0.29, 0.717) is 31.5 Å². The maximum atomic E-state index is 12.4. The average Bonchev–Trinajstić information content (AvgIpc) is 3.25. The van der Waals surface area contributed by atoms with Crippen molar-refractivity contribution < 1.29 is 14.7 Å². The molecule has 7 nitrogen and oxygen atoms in total. The summed E-state index contributed by atoms with van der Waals surface area (Å²) in [5.41, 5.74) is -0.0720. The topological polar surface area (TPSA) is 96.7 Å². The Hall–Kier alpha value is -1.81. The van der Waals surface area contributed by atoms with E-state index in [-0.39, 0.29) is 24.0 Å². The van der Waals surface area contributed by atoms with Crippen molar-refractivity contribution in [3.63, 3.8) is 0 Å². The number of hydrogen-bond donors (Lipinski definition) is 2. The standard InChI is InChI=1S/C17H26N4O3/c1-2-17(6-12-10-20(16(23)24)11-13(12)7-17)19-9-15(22)21-5-3-4-14(21)8-18/h12-14,19H,2-7,9-11H2,1H3,(H,23,24). The Morgan fingerprint density at radius 3 is 2.54 bits per heavy atom. The van der Waals surface area contributed by atoms with Crippen molar-refractivity contribution in [1.29, 1.82) is 5.26 Å². The molecular formula is C17H26N4O3. The summed E-state index contributed by atoms with van der Waals surface area (Å²) in [6.45, 7) is 4.30. The summed E-state index contributed by atoms with van der Waals surface area (Å²) < 4.78 is 0. The fourth-order valence-corrected chi connectivity index (χ4v) is 4.77. The largest absolute Gasteiger partial charge is 0.465 e. The molecule has 24 heavy (non-hydrogen) atoms. The fraction of sp³-hybridized carbons (Fsp3) is 0.824. The van der Waals surface area contributed by atoms with Crippen LogP contribution in [0.15, 0.2) is 0 Å². The van der Waals surface area contributed by atoms with Crippen LogP contribution in [0.5, 0.6) is 0 Å². The highest BCUT2D eigenvalue weighted by molar-refractivity contribution is 5.79. The monoisotopic (exact) mass is 334 g/mol. The first kappa shape index (κ1) is 17.0. The lowest BCUT2D eigenvalue weighted by Gasteiger charge is -2.32. The first-order chi connectivity index (χ1) is 11.5. The molecule has 0 radical (unpaired) electrons. The first-order valence-corrected chi connectivity index (χ1v) is 8.90. The Bertz CT molecular complexity index is 545. The van der Waals surface area contributed by atoms with E-state index in [0.717, 1.165) is 32.1 Å². The van der Waals surface area contributed by atoms with E-state index in [1.807, 2.05) is 0 Å². The van der Waals surface area contributed by atoms with E-state index in [1.165, 1.54) is 4.90 Å². The number of carbonyl (C=O) groups is 2. The predicted octanol–water partition coefficient (Wildman–Crippen LogP) is 1.26. The molecule has 3 rings (SSSR count). The molecule has 3 unspecified atom stereocenters. The van der Waals surface area contributed by atoms with Crippen LogP contribution >= 0.6 is 0 Å². The van der Waals surface area contributed by atoms with Crippen LogP contribution in [0.3, 0.4) is 0 Å². The van der Waals surface area contributed by atoms with Gasteiger partial charge in [0.15, 0.2) is 0 Å².